The van der Waals surface area contributed by atoms with Crippen LogP contribution in [0.4, 0.5) is 14.5 Å². The van der Waals surface area contributed by atoms with Crippen LogP contribution < -0.4 is 11.3 Å². The molecule has 0 aliphatic rings. The number of hydrogen-bond acceptors (Lipinski definition) is 3. The highest BCUT2D eigenvalue weighted by atomic mass is 79.9. The Kier molecular flexibility index (Phi) is 3.96. The summed E-state index contributed by atoms with van der Waals surface area (Å²) in [5, 5.41) is 0.631. The lowest BCUT2D eigenvalue weighted by Gasteiger charge is -2.03. The zero-order chi connectivity index (χ0) is 16.6. The van der Waals surface area contributed by atoms with Crippen molar-refractivity contribution >= 4 is 38.5 Å². The van der Waals surface area contributed by atoms with Gasteiger partial charge < -0.3 is 10.2 Å². The van der Waals surface area contributed by atoms with E-state index in [-0.39, 0.29) is 16.8 Å². The first-order valence-corrected chi connectivity index (χ1v) is 7.26. The summed E-state index contributed by atoms with van der Waals surface area (Å²) in [5.41, 5.74) is 5.48. The maximum absolute atomic E-state index is 13.7. The quantitative estimate of drug-likeness (QED) is 0.736. The average molecular weight is 379 g/mol. The summed E-state index contributed by atoms with van der Waals surface area (Å²) < 4.78 is 33.0. The highest BCUT2D eigenvalue weighted by Crippen LogP contribution is 2.21. The Balaban J connectivity index is 2.30. The van der Waals surface area contributed by atoms with Gasteiger partial charge in [-0.15, -0.1) is 0 Å². The number of fused-ring (bicyclic) bond motifs is 1. The minimum Gasteiger partial charge on any atom is -0.438 e. The SMILES string of the molecule is NC(=O)c1cc2cc(Br)ccc2oc1=Nc1ccc(F)cc1F. The molecule has 0 spiro atoms. The van der Waals surface area contributed by atoms with Gasteiger partial charge in [-0.25, -0.2) is 13.8 Å². The second kappa shape index (κ2) is 5.92. The van der Waals surface area contributed by atoms with Gasteiger partial charge in [0, 0.05) is 15.9 Å². The van der Waals surface area contributed by atoms with Crippen LogP contribution in [0.1, 0.15) is 10.4 Å². The molecule has 0 bridgehead atoms. The van der Waals surface area contributed by atoms with Gasteiger partial charge in [-0.1, -0.05) is 15.9 Å². The van der Waals surface area contributed by atoms with Crippen LogP contribution >= 0.6 is 15.9 Å². The Morgan fingerprint density at radius 1 is 1.13 bits per heavy atom. The van der Waals surface area contributed by atoms with Crippen molar-refractivity contribution in [2.75, 3.05) is 0 Å². The number of benzene rings is 2. The number of carbonyl (C=O) groups is 1. The molecule has 0 unspecified atom stereocenters. The van der Waals surface area contributed by atoms with E-state index in [4.69, 9.17) is 10.2 Å². The predicted octanol–water partition coefficient (Wildman–Crippen LogP) is 3.80. The van der Waals surface area contributed by atoms with E-state index in [0.717, 1.165) is 16.6 Å². The molecule has 3 aromatic rings. The molecular formula is C16H9BrF2N2O2. The van der Waals surface area contributed by atoms with Crippen LogP contribution in [-0.4, -0.2) is 5.91 Å². The number of nitrogens with two attached hydrogens (primary N) is 1. The van der Waals surface area contributed by atoms with Crippen molar-refractivity contribution < 1.29 is 18.0 Å². The van der Waals surface area contributed by atoms with Crippen molar-refractivity contribution in [1.29, 1.82) is 0 Å². The molecule has 116 valence electrons. The van der Waals surface area contributed by atoms with Crippen molar-refractivity contribution in [1.82, 2.24) is 0 Å². The van der Waals surface area contributed by atoms with Crippen LogP contribution in [0.3, 0.4) is 0 Å². The molecule has 7 heteroatoms. The molecule has 0 aliphatic heterocycles. The van der Waals surface area contributed by atoms with Gasteiger partial charge >= 0.3 is 0 Å². The Morgan fingerprint density at radius 3 is 2.61 bits per heavy atom. The summed E-state index contributed by atoms with van der Waals surface area (Å²) in [6.45, 7) is 0. The van der Waals surface area contributed by atoms with Gasteiger partial charge in [0.25, 0.3) is 5.91 Å². The Morgan fingerprint density at radius 2 is 1.91 bits per heavy atom. The van der Waals surface area contributed by atoms with Crippen LogP contribution in [0.5, 0.6) is 0 Å². The summed E-state index contributed by atoms with van der Waals surface area (Å²) in [4.78, 5) is 15.6. The fourth-order valence-corrected chi connectivity index (χ4v) is 2.42. The minimum atomic E-state index is -0.869. The smallest absolute Gasteiger partial charge is 0.254 e. The van der Waals surface area contributed by atoms with Crippen LogP contribution in [0, 0.1) is 11.6 Å². The largest absolute Gasteiger partial charge is 0.438 e. The fourth-order valence-electron chi connectivity index (χ4n) is 2.04. The zero-order valence-corrected chi connectivity index (χ0v) is 13.1. The van der Waals surface area contributed by atoms with E-state index in [0.29, 0.717) is 17.0 Å². The third-order valence-corrected chi connectivity index (χ3v) is 3.60. The van der Waals surface area contributed by atoms with Crippen molar-refractivity contribution in [3.05, 3.63) is 69.7 Å². The Bertz CT molecular complexity index is 999. The van der Waals surface area contributed by atoms with Crippen LogP contribution in [0.2, 0.25) is 0 Å². The third kappa shape index (κ3) is 3.14. The van der Waals surface area contributed by atoms with Gasteiger partial charge in [0.05, 0.1) is 0 Å². The molecule has 1 amide bonds. The molecule has 0 aliphatic carbocycles. The van der Waals surface area contributed by atoms with Crippen molar-refractivity contribution in [3.63, 3.8) is 0 Å². The summed E-state index contributed by atoms with van der Waals surface area (Å²) in [6.07, 6.45) is 0. The van der Waals surface area contributed by atoms with E-state index in [1.807, 2.05) is 0 Å². The molecule has 2 N–H and O–H groups in total. The van der Waals surface area contributed by atoms with E-state index >= 15 is 0 Å². The molecule has 4 nitrogen and oxygen atoms in total. The lowest BCUT2D eigenvalue weighted by molar-refractivity contribution is 0.0996. The van der Waals surface area contributed by atoms with Crippen molar-refractivity contribution in [2.24, 2.45) is 10.7 Å². The lowest BCUT2D eigenvalue weighted by Crippen LogP contribution is -2.21. The van der Waals surface area contributed by atoms with E-state index in [1.165, 1.54) is 6.07 Å². The van der Waals surface area contributed by atoms with Crippen LogP contribution in [0.25, 0.3) is 11.0 Å². The van der Waals surface area contributed by atoms with Crippen molar-refractivity contribution in [2.45, 2.75) is 0 Å². The predicted molar refractivity (Wildman–Crippen MR) is 84.0 cm³/mol. The number of amides is 1. The number of carbonyl (C=O) groups excluding carboxylic acids is 1. The topological polar surface area (TPSA) is 68.6 Å². The highest BCUT2D eigenvalue weighted by Gasteiger charge is 2.11. The lowest BCUT2D eigenvalue weighted by atomic mass is 10.2. The number of rotatable bonds is 2. The highest BCUT2D eigenvalue weighted by molar-refractivity contribution is 9.10. The molecule has 1 heterocycles. The van der Waals surface area contributed by atoms with E-state index in [2.05, 4.69) is 20.9 Å². The molecule has 1 aromatic heterocycles. The molecule has 0 saturated carbocycles. The van der Waals surface area contributed by atoms with Crippen molar-refractivity contribution in [3.8, 4) is 0 Å². The number of halogens is 3. The van der Waals surface area contributed by atoms with Gasteiger partial charge in [-0.05, 0) is 36.4 Å². The first-order chi connectivity index (χ1) is 10.9. The standard InChI is InChI=1S/C16H9BrF2N2O2/c17-9-1-4-14-8(5-9)6-11(15(20)22)16(23-14)21-13-3-2-10(18)7-12(13)19/h1-7H,(H2,20,22). The van der Waals surface area contributed by atoms with Gasteiger partial charge in [0.1, 0.15) is 22.7 Å². The van der Waals surface area contributed by atoms with Gasteiger partial charge in [-0.3, -0.25) is 4.79 Å². The van der Waals surface area contributed by atoms with E-state index in [1.54, 1.807) is 18.2 Å². The first-order valence-electron chi connectivity index (χ1n) is 6.47. The average Bonchev–Trinajstić information content (AvgIpc) is 2.49. The normalized spacial score (nSPS) is 11.9. The maximum atomic E-state index is 13.7. The van der Waals surface area contributed by atoms with E-state index in [9.17, 15) is 13.6 Å². The molecular weight excluding hydrogens is 370 g/mol. The summed E-state index contributed by atoms with van der Waals surface area (Å²) in [5.74, 6) is -2.36. The molecule has 23 heavy (non-hydrogen) atoms. The van der Waals surface area contributed by atoms with Gasteiger partial charge in [-0.2, -0.15) is 0 Å². The fraction of sp³-hybridized carbons (Fsp3) is 0. The maximum Gasteiger partial charge on any atom is 0.254 e. The Hall–Kier alpha value is -2.54. The molecule has 2 aromatic carbocycles. The van der Waals surface area contributed by atoms with Crippen LogP contribution in [-0.2, 0) is 0 Å². The van der Waals surface area contributed by atoms with E-state index < -0.39 is 17.5 Å². The monoisotopic (exact) mass is 378 g/mol. The number of hydrogen-bond donors (Lipinski definition) is 1. The molecule has 3 rings (SSSR count). The van der Waals surface area contributed by atoms with Gasteiger partial charge in [0.15, 0.2) is 5.82 Å². The molecule has 0 fully saturated rings. The minimum absolute atomic E-state index is 0.000625. The van der Waals surface area contributed by atoms with Gasteiger partial charge in [0.2, 0.25) is 5.55 Å². The third-order valence-electron chi connectivity index (χ3n) is 3.11. The molecule has 0 saturated heterocycles. The zero-order valence-electron chi connectivity index (χ0n) is 11.5. The number of primary amides is 1. The van der Waals surface area contributed by atoms with Crippen LogP contribution in [0.15, 0.2) is 56.3 Å². The Labute approximate surface area is 137 Å². The second-order valence-corrected chi connectivity index (χ2v) is 5.63. The number of nitrogens with zero attached hydrogens (tertiary/aromatic N) is 1. The molecule has 0 radical (unpaired) electrons. The first kappa shape index (κ1) is 15.4. The summed E-state index contributed by atoms with van der Waals surface area (Å²) >= 11 is 3.32. The summed E-state index contributed by atoms with van der Waals surface area (Å²) in [7, 11) is 0. The summed E-state index contributed by atoms with van der Waals surface area (Å²) in [6, 6.07) is 9.57. The molecule has 0 atom stereocenters. The second-order valence-electron chi connectivity index (χ2n) is 4.72.